The molecule has 2 atom stereocenters. The van der Waals surface area contributed by atoms with E-state index in [-0.39, 0.29) is 1.43 Å². The Bertz CT molecular complexity index is 912. The van der Waals surface area contributed by atoms with Crippen LogP contribution in [-0.2, 0) is 5.60 Å². The lowest BCUT2D eigenvalue weighted by molar-refractivity contribution is -0.0152. The second kappa shape index (κ2) is 6.78. The molecule has 1 fully saturated rings. The summed E-state index contributed by atoms with van der Waals surface area (Å²) in [5.74, 6) is 0.595. The summed E-state index contributed by atoms with van der Waals surface area (Å²) in [6.07, 6.45) is 4.14. The van der Waals surface area contributed by atoms with E-state index < -0.39 is 5.60 Å². The number of rotatable bonds is 4. The fraction of sp³-hybridized carbons (Fsp3) is 0.450. The minimum atomic E-state index is -0.894. The lowest BCUT2D eigenvalue weighted by Crippen LogP contribution is -2.47. The predicted molar refractivity (Wildman–Crippen MR) is 104 cm³/mol. The number of nitrogens with zero attached hydrogens (tertiary/aromatic N) is 3. The van der Waals surface area contributed by atoms with Crippen molar-refractivity contribution in [3.8, 4) is 11.4 Å². The van der Waals surface area contributed by atoms with Gasteiger partial charge in [0, 0.05) is 19.1 Å². The van der Waals surface area contributed by atoms with Crippen LogP contribution in [0.4, 0.5) is 0 Å². The maximum atomic E-state index is 11.3. The second-order valence-electron chi connectivity index (χ2n) is 7.65. The van der Waals surface area contributed by atoms with E-state index >= 15 is 0 Å². The molecule has 0 saturated carbocycles. The zero-order valence-corrected chi connectivity index (χ0v) is 15.2. The molecule has 26 heavy (non-hydrogen) atoms. The average molecular weight is 353 g/mol. The standard InChI is InChI=1S/C20H25N5O.H2/c1-13(2)11-14-12-20(26,8-10-21-14)17-7-3-6-16(23-17)18-15-5-4-9-22-19(15)25-24-18;/h3-7,9,13-14,21,26H,8,10-12H2,1-2H3,(H,22,24,25);1H/t14-,20?;/m1./s1. The number of pyridine rings is 2. The third-order valence-corrected chi connectivity index (χ3v) is 5.12. The fourth-order valence-electron chi connectivity index (χ4n) is 3.91. The molecular weight excluding hydrogens is 326 g/mol. The van der Waals surface area contributed by atoms with E-state index in [1.807, 2.05) is 30.3 Å². The summed E-state index contributed by atoms with van der Waals surface area (Å²) >= 11 is 0. The van der Waals surface area contributed by atoms with Crippen molar-refractivity contribution in [2.75, 3.05) is 6.54 Å². The summed E-state index contributed by atoms with van der Waals surface area (Å²) in [5, 5.41) is 23.1. The number of nitrogens with one attached hydrogen (secondary N) is 2. The van der Waals surface area contributed by atoms with Gasteiger partial charge in [-0.15, -0.1) is 0 Å². The molecule has 6 heteroatoms. The Morgan fingerprint density at radius 3 is 3.04 bits per heavy atom. The molecule has 0 spiro atoms. The molecule has 3 N–H and O–H groups in total. The summed E-state index contributed by atoms with van der Waals surface area (Å²) in [6.45, 7) is 5.23. The molecule has 0 aromatic carbocycles. The first-order valence-corrected chi connectivity index (χ1v) is 9.28. The Balaban J connectivity index is 0.00000210. The molecule has 1 saturated heterocycles. The van der Waals surface area contributed by atoms with Crippen molar-refractivity contribution in [1.29, 1.82) is 0 Å². The van der Waals surface area contributed by atoms with Crippen molar-refractivity contribution in [3.05, 3.63) is 42.2 Å². The monoisotopic (exact) mass is 353 g/mol. The van der Waals surface area contributed by atoms with Crippen LogP contribution in [0.15, 0.2) is 36.5 Å². The fourth-order valence-corrected chi connectivity index (χ4v) is 3.91. The smallest absolute Gasteiger partial charge is 0.181 e. The van der Waals surface area contributed by atoms with Crippen LogP contribution < -0.4 is 5.32 Å². The van der Waals surface area contributed by atoms with Crippen LogP contribution in [0.3, 0.4) is 0 Å². The highest BCUT2D eigenvalue weighted by molar-refractivity contribution is 5.89. The predicted octanol–water partition coefficient (Wildman–Crippen LogP) is 3.25. The maximum absolute atomic E-state index is 11.3. The molecule has 4 rings (SSSR count). The molecule has 0 radical (unpaired) electrons. The van der Waals surface area contributed by atoms with E-state index in [1.54, 1.807) is 6.20 Å². The van der Waals surface area contributed by atoms with Crippen LogP contribution in [-0.4, -0.2) is 37.9 Å². The lowest BCUT2D eigenvalue weighted by Gasteiger charge is -2.38. The number of aromatic nitrogens is 4. The third kappa shape index (κ3) is 3.22. The van der Waals surface area contributed by atoms with E-state index in [2.05, 4.69) is 34.3 Å². The van der Waals surface area contributed by atoms with Gasteiger partial charge < -0.3 is 10.4 Å². The average Bonchev–Trinajstić information content (AvgIpc) is 3.05. The molecule has 0 bridgehead atoms. The molecule has 1 unspecified atom stereocenters. The van der Waals surface area contributed by atoms with E-state index in [0.29, 0.717) is 30.4 Å². The normalized spacial score (nSPS) is 23.6. The number of piperidine rings is 1. The second-order valence-corrected chi connectivity index (χ2v) is 7.65. The van der Waals surface area contributed by atoms with Gasteiger partial charge in [0.15, 0.2) is 5.65 Å². The topological polar surface area (TPSA) is 86.7 Å². The highest BCUT2D eigenvalue weighted by Crippen LogP contribution is 2.34. The number of aromatic amines is 1. The zero-order chi connectivity index (χ0) is 18.1. The van der Waals surface area contributed by atoms with Crippen molar-refractivity contribution in [3.63, 3.8) is 0 Å². The van der Waals surface area contributed by atoms with Gasteiger partial charge in [-0.1, -0.05) is 19.9 Å². The molecule has 3 aromatic rings. The van der Waals surface area contributed by atoms with Crippen LogP contribution >= 0.6 is 0 Å². The van der Waals surface area contributed by atoms with Gasteiger partial charge in [0.1, 0.15) is 5.60 Å². The molecule has 4 heterocycles. The number of H-pyrrole nitrogens is 1. The Morgan fingerprint density at radius 2 is 2.19 bits per heavy atom. The van der Waals surface area contributed by atoms with Gasteiger partial charge in [0.2, 0.25) is 0 Å². The van der Waals surface area contributed by atoms with Gasteiger partial charge in [-0.25, -0.2) is 9.97 Å². The first-order valence-electron chi connectivity index (χ1n) is 9.28. The van der Waals surface area contributed by atoms with Crippen LogP contribution in [0.1, 0.15) is 40.2 Å². The molecular formula is C20H27N5O. The third-order valence-electron chi connectivity index (χ3n) is 5.12. The van der Waals surface area contributed by atoms with Gasteiger partial charge in [-0.2, -0.15) is 5.10 Å². The van der Waals surface area contributed by atoms with Gasteiger partial charge in [-0.05, 0) is 56.0 Å². The van der Waals surface area contributed by atoms with Crippen molar-refractivity contribution < 1.29 is 6.53 Å². The molecule has 0 aliphatic carbocycles. The first-order chi connectivity index (χ1) is 12.5. The molecule has 3 aromatic heterocycles. The Kier molecular flexibility index (Phi) is 4.46. The highest BCUT2D eigenvalue weighted by atomic mass is 16.3. The molecule has 1 aliphatic rings. The van der Waals surface area contributed by atoms with Crippen molar-refractivity contribution in [2.24, 2.45) is 5.92 Å². The summed E-state index contributed by atoms with van der Waals surface area (Å²) in [4.78, 5) is 9.06. The van der Waals surface area contributed by atoms with Gasteiger partial charge in [0.05, 0.1) is 17.1 Å². The molecule has 138 valence electrons. The summed E-state index contributed by atoms with van der Waals surface area (Å²) < 4.78 is 0. The molecule has 0 amide bonds. The van der Waals surface area contributed by atoms with E-state index in [9.17, 15) is 5.11 Å². The summed E-state index contributed by atoms with van der Waals surface area (Å²) in [7, 11) is 0. The van der Waals surface area contributed by atoms with Gasteiger partial charge >= 0.3 is 0 Å². The Hall–Kier alpha value is -2.31. The van der Waals surface area contributed by atoms with Crippen molar-refractivity contribution in [2.45, 2.75) is 44.8 Å². The summed E-state index contributed by atoms with van der Waals surface area (Å²) in [5.41, 5.74) is 2.13. The number of fused-ring (bicyclic) bond motifs is 1. The quantitative estimate of drug-likeness (QED) is 0.670. The maximum Gasteiger partial charge on any atom is 0.181 e. The largest absolute Gasteiger partial charge is 0.383 e. The first kappa shape index (κ1) is 17.1. The Labute approximate surface area is 154 Å². The molecule has 6 nitrogen and oxygen atoms in total. The number of aliphatic hydroxyl groups is 1. The van der Waals surface area contributed by atoms with E-state index in [1.165, 1.54) is 0 Å². The minimum absolute atomic E-state index is 0. The van der Waals surface area contributed by atoms with Crippen LogP contribution in [0.25, 0.3) is 22.4 Å². The zero-order valence-electron chi connectivity index (χ0n) is 15.2. The van der Waals surface area contributed by atoms with Crippen LogP contribution in [0.2, 0.25) is 0 Å². The van der Waals surface area contributed by atoms with Gasteiger partial charge in [0.25, 0.3) is 0 Å². The summed E-state index contributed by atoms with van der Waals surface area (Å²) in [6, 6.07) is 10.0. The minimum Gasteiger partial charge on any atom is -0.383 e. The van der Waals surface area contributed by atoms with Crippen molar-refractivity contribution >= 4 is 11.0 Å². The van der Waals surface area contributed by atoms with E-state index in [0.717, 1.165) is 35.4 Å². The van der Waals surface area contributed by atoms with Crippen molar-refractivity contribution in [1.82, 2.24) is 25.5 Å². The SMILES string of the molecule is CC(C)C[C@@H]1CC(O)(c2cccc(-c3[nH]nc4ncccc34)n2)CCN1.[HH]. The lowest BCUT2D eigenvalue weighted by atomic mass is 9.82. The van der Waals surface area contributed by atoms with Gasteiger partial charge in [-0.3, -0.25) is 5.10 Å². The number of hydrogen-bond acceptors (Lipinski definition) is 5. The number of hydrogen-bond donors (Lipinski definition) is 3. The highest BCUT2D eigenvalue weighted by Gasteiger charge is 2.37. The molecule has 1 aliphatic heterocycles. The van der Waals surface area contributed by atoms with Crippen LogP contribution in [0.5, 0.6) is 0 Å². The van der Waals surface area contributed by atoms with E-state index in [4.69, 9.17) is 4.98 Å². The Morgan fingerprint density at radius 1 is 1.31 bits per heavy atom. The van der Waals surface area contributed by atoms with Crippen LogP contribution in [0, 0.1) is 5.92 Å².